The molecule has 1 aliphatic rings. The van der Waals surface area contributed by atoms with Gasteiger partial charge >= 0.3 is 0 Å². The number of rotatable bonds is 1. The third kappa shape index (κ3) is 1.80. The third-order valence-electron chi connectivity index (χ3n) is 1.37. The zero-order valence-electron chi connectivity index (χ0n) is 5.28. The molecular weight excluding hydrogens is 150 g/mol. The summed E-state index contributed by atoms with van der Waals surface area (Å²) in [7, 11) is 0.183. The normalized spacial score (nSPS) is 32.6. The SMILES string of the molecule is CCN1[SiH2]N[SiH2]N[SiH2]1. The molecule has 0 aromatic carbocycles. The summed E-state index contributed by atoms with van der Waals surface area (Å²) in [5, 5.41) is 0. The maximum Gasteiger partial charge on any atom is 0.158 e. The van der Waals surface area contributed by atoms with Gasteiger partial charge in [-0.25, -0.2) is 0 Å². The van der Waals surface area contributed by atoms with Gasteiger partial charge in [0, 0.05) is 0 Å². The maximum atomic E-state index is 3.51. The second-order valence-corrected chi connectivity index (χ2v) is 9.65. The fourth-order valence-electron chi connectivity index (χ4n) is 0.796. The summed E-state index contributed by atoms with van der Waals surface area (Å²) < 4.78 is 9.63. The van der Waals surface area contributed by atoms with Crippen molar-refractivity contribution in [2.75, 3.05) is 6.54 Å². The van der Waals surface area contributed by atoms with Crippen LogP contribution < -0.4 is 9.30 Å². The molecule has 48 valence electrons. The van der Waals surface area contributed by atoms with Crippen LogP contribution in [0.3, 0.4) is 0 Å². The smallest absolute Gasteiger partial charge is 0.158 e. The lowest BCUT2D eigenvalue weighted by molar-refractivity contribution is 0.694. The van der Waals surface area contributed by atoms with Gasteiger partial charge in [-0.05, 0) is 6.54 Å². The van der Waals surface area contributed by atoms with Crippen LogP contribution in [0.2, 0.25) is 0 Å². The first-order valence-electron chi connectivity index (χ1n) is 3.07. The van der Waals surface area contributed by atoms with E-state index in [0.717, 1.165) is 0 Å². The van der Waals surface area contributed by atoms with Gasteiger partial charge in [-0.15, -0.1) is 0 Å². The Morgan fingerprint density at radius 3 is 2.38 bits per heavy atom. The van der Waals surface area contributed by atoms with E-state index in [9.17, 15) is 0 Å². The predicted molar refractivity (Wildman–Crippen MR) is 44.3 cm³/mol. The lowest BCUT2D eigenvalue weighted by Gasteiger charge is -2.25. The highest BCUT2D eigenvalue weighted by atomic mass is 28.4. The van der Waals surface area contributed by atoms with Gasteiger partial charge in [0.05, 0.1) is 0 Å². The Kier molecular flexibility index (Phi) is 2.94. The molecule has 0 amide bonds. The van der Waals surface area contributed by atoms with E-state index >= 15 is 0 Å². The highest BCUT2D eigenvalue weighted by molar-refractivity contribution is 6.65. The highest BCUT2D eigenvalue weighted by Gasteiger charge is 2.05. The van der Waals surface area contributed by atoms with Gasteiger partial charge in [0.15, 0.2) is 29.5 Å². The molecule has 1 heterocycles. The van der Waals surface area contributed by atoms with E-state index in [2.05, 4.69) is 20.5 Å². The van der Waals surface area contributed by atoms with Crippen molar-refractivity contribution in [3.8, 4) is 0 Å². The monoisotopic (exact) mass is 163 g/mol. The van der Waals surface area contributed by atoms with Gasteiger partial charge in [-0.1, -0.05) is 6.92 Å². The van der Waals surface area contributed by atoms with Crippen molar-refractivity contribution in [2.45, 2.75) is 6.92 Å². The van der Waals surface area contributed by atoms with Crippen LogP contribution >= 0.6 is 0 Å². The van der Waals surface area contributed by atoms with Gasteiger partial charge < -0.3 is 13.5 Å². The van der Waals surface area contributed by atoms with Crippen LogP contribution in [0.1, 0.15) is 6.92 Å². The Balaban J connectivity index is 2.13. The van der Waals surface area contributed by atoms with E-state index in [1.807, 2.05) is 0 Å². The molecule has 2 N–H and O–H groups in total. The molecule has 8 heavy (non-hydrogen) atoms. The van der Waals surface area contributed by atoms with E-state index in [1.54, 1.807) is 0 Å². The lowest BCUT2D eigenvalue weighted by atomic mass is 10.8. The van der Waals surface area contributed by atoms with E-state index < -0.39 is 0 Å². The molecule has 0 aromatic heterocycles. The van der Waals surface area contributed by atoms with Crippen molar-refractivity contribution >= 4 is 29.5 Å². The zero-order chi connectivity index (χ0) is 5.82. The van der Waals surface area contributed by atoms with Crippen molar-refractivity contribution in [3.63, 3.8) is 0 Å². The second kappa shape index (κ2) is 3.54. The predicted octanol–water partition coefficient (Wildman–Crippen LogP) is -3.50. The molecule has 3 nitrogen and oxygen atoms in total. The van der Waals surface area contributed by atoms with E-state index in [0.29, 0.717) is 0 Å². The molecule has 0 radical (unpaired) electrons. The fourth-order valence-corrected chi connectivity index (χ4v) is 10.3. The minimum Gasteiger partial charge on any atom is -0.346 e. The van der Waals surface area contributed by atoms with Gasteiger partial charge in [-0.2, -0.15) is 0 Å². The molecule has 0 spiro atoms. The Hall–Kier alpha value is 0.531. The van der Waals surface area contributed by atoms with Crippen LogP contribution in [0.25, 0.3) is 0 Å². The highest BCUT2D eigenvalue weighted by Crippen LogP contribution is 1.77. The van der Waals surface area contributed by atoms with Crippen LogP contribution in [0.15, 0.2) is 0 Å². The second-order valence-electron chi connectivity index (χ2n) is 1.98. The van der Waals surface area contributed by atoms with Crippen LogP contribution in [-0.2, 0) is 0 Å². The molecule has 1 saturated heterocycles. The van der Waals surface area contributed by atoms with Crippen molar-refractivity contribution in [2.24, 2.45) is 0 Å². The van der Waals surface area contributed by atoms with Crippen LogP contribution in [-0.4, -0.2) is 40.3 Å². The first-order chi connectivity index (χ1) is 3.93. The topological polar surface area (TPSA) is 27.3 Å². The third-order valence-corrected chi connectivity index (χ3v) is 8.29. The largest absolute Gasteiger partial charge is 0.346 e. The zero-order valence-corrected chi connectivity index (χ0v) is 9.52. The molecule has 0 aromatic rings. The summed E-state index contributed by atoms with van der Waals surface area (Å²) in [5.74, 6) is 0. The Morgan fingerprint density at radius 2 is 2.00 bits per heavy atom. The number of nitrogens with zero attached hydrogens (tertiary/aromatic N) is 1. The lowest BCUT2D eigenvalue weighted by Crippen LogP contribution is -2.57. The standard InChI is InChI=1S/C2H13N3Si3/c1-2-5-7-3-6-4-8-5/h3-4H,2,6-8H2,1H3. The number of nitrogens with one attached hydrogen (secondary N) is 2. The molecule has 0 aliphatic carbocycles. The van der Waals surface area contributed by atoms with Crippen LogP contribution in [0.5, 0.6) is 0 Å². The molecule has 6 heteroatoms. The van der Waals surface area contributed by atoms with E-state index in [1.165, 1.54) is 6.54 Å². The first-order valence-corrected chi connectivity index (χ1v) is 7.16. The minimum atomic E-state index is 0.0492. The van der Waals surface area contributed by atoms with Crippen LogP contribution in [0, 0.1) is 0 Å². The summed E-state index contributed by atoms with van der Waals surface area (Å²) in [6.45, 7) is 3.52. The summed E-state index contributed by atoms with van der Waals surface area (Å²) in [6.07, 6.45) is 0. The van der Waals surface area contributed by atoms with Gasteiger partial charge in [0.1, 0.15) is 0 Å². The van der Waals surface area contributed by atoms with Gasteiger partial charge in [0.2, 0.25) is 0 Å². The summed E-state index contributed by atoms with van der Waals surface area (Å²) >= 11 is 0. The van der Waals surface area contributed by atoms with Crippen molar-refractivity contribution in [1.29, 1.82) is 0 Å². The first kappa shape index (κ1) is 6.65. The van der Waals surface area contributed by atoms with Gasteiger partial charge in [0.25, 0.3) is 0 Å². The average Bonchev–Trinajstić information content (AvgIpc) is 1.90. The van der Waals surface area contributed by atoms with E-state index in [4.69, 9.17) is 0 Å². The average molecular weight is 163 g/mol. The molecule has 0 atom stereocenters. The molecular formula is C2H13N3Si3. The maximum absolute atomic E-state index is 3.51. The number of hydrogen-bond acceptors (Lipinski definition) is 3. The number of hydrogen-bond donors (Lipinski definition) is 2. The van der Waals surface area contributed by atoms with Crippen LogP contribution in [0.4, 0.5) is 0 Å². The van der Waals surface area contributed by atoms with Crippen molar-refractivity contribution in [3.05, 3.63) is 0 Å². The molecule has 0 saturated carbocycles. The molecule has 1 fully saturated rings. The van der Waals surface area contributed by atoms with E-state index in [-0.39, 0.29) is 29.5 Å². The Bertz CT molecular complexity index is 63.5. The summed E-state index contributed by atoms with van der Waals surface area (Å²) in [5.41, 5.74) is 0. The summed E-state index contributed by atoms with van der Waals surface area (Å²) in [6, 6.07) is 0. The quantitative estimate of drug-likeness (QED) is 0.393. The Morgan fingerprint density at radius 1 is 1.38 bits per heavy atom. The minimum absolute atomic E-state index is 0.0492. The molecule has 0 unspecified atom stereocenters. The van der Waals surface area contributed by atoms with Crippen molar-refractivity contribution in [1.82, 2.24) is 13.5 Å². The Labute approximate surface area is 57.2 Å². The molecule has 0 bridgehead atoms. The van der Waals surface area contributed by atoms with Crippen molar-refractivity contribution < 1.29 is 0 Å². The fraction of sp³-hybridized carbons (Fsp3) is 1.00. The molecule has 1 aliphatic heterocycles. The molecule has 1 rings (SSSR count). The van der Waals surface area contributed by atoms with Gasteiger partial charge in [-0.3, -0.25) is 0 Å². The summed E-state index contributed by atoms with van der Waals surface area (Å²) in [4.78, 5) is 0.